The third kappa shape index (κ3) is 4.08. The molecule has 0 saturated heterocycles. The molecule has 0 unspecified atom stereocenters. The normalized spacial score (nSPS) is 11.3. The Balaban J connectivity index is 1.56. The van der Waals surface area contributed by atoms with Gasteiger partial charge in [-0.2, -0.15) is 0 Å². The van der Waals surface area contributed by atoms with Gasteiger partial charge in [-0.1, -0.05) is 30.3 Å². The number of nitrogens with one attached hydrogen (secondary N) is 1. The zero-order chi connectivity index (χ0) is 22.0. The number of rotatable bonds is 5. The molecule has 0 fully saturated rings. The van der Waals surface area contributed by atoms with E-state index in [0.29, 0.717) is 11.3 Å². The van der Waals surface area contributed by atoms with Gasteiger partial charge in [-0.25, -0.2) is 0 Å². The molecule has 2 amide bonds. The smallest absolute Gasteiger partial charge is 0.253 e. The van der Waals surface area contributed by atoms with Crippen molar-refractivity contribution in [2.75, 3.05) is 19.4 Å². The van der Waals surface area contributed by atoms with Crippen molar-refractivity contribution in [1.82, 2.24) is 9.47 Å². The third-order valence-electron chi connectivity index (χ3n) is 5.32. The van der Waals surface area contributed by atoms with Gasteiger partial charge >= 0.3 is 0 Å². The number of carbonyl (C=O) groups is 2. The van der Waals surface area contributed by atoms with Crippen LogP contribution in [-0.2, 0) is 11.3 Å². The first-order valence-electron chi connectivity index (χ1n) is 10.3. The molecule has 3 aromatic carbocycles. The molecular formula is C26H25N3O2. The molecule has 4 rings (SSSR count). The van der Waals surface area contributed by atoms with Crippen LogP contribution in [0.3, 0.4) is 0 Å². The second-order valence-electron chi connectivity index (χ2n) is 7.64. The fourth-order valence-electron chi connectivity index (χ4n) is 3.86. The van der Waals surface area contributed by atoms with Crippen molar-refractivity contribution in [3.05, 3.63) is 83.9 Å². The van der Waals surface area contributed by atoms with E-state index in [1.807, 2.05) is 18.2 Å². The van der Waals surface area contributed by atoms with Crippen molar-refractivity contribution in [3.8, 4) is 0 Å². The summed E-state index contributed by atoms with van der Waals surface area (Å²) in [5.74, 6) is -0.350. The Kier molecular flexibility index (Phi) is 5.58. The molecule has 5 heteroatoms. The van der Waals surface area contributed by atoms with Gasteiger partial charge in [-0.05, 0) is 55.0 Å². The van der Waals surface area contributed by atoms with E-state index in [-0.39, 0.29) is 11.8 Å². The van der Waals surface area contributed by atoms with E-state index >= 15 is 0 Å². The maximum atomic E-state index is 12.4. The maximum absolute atomic E-state index is 12.4. The minimum Gasteiger partial charge on any atom is -0.345 e. The number of anilines is 1. The summed E-state index contributed by atoms with van der Waals surface area (Å²) < 4.78 is 2.30. The van der Waals surface area contributed by atoms with Crippen LogP contribution in [0.5, 0.6) is 0 Å². The molecule has 1 aromatic heterocycles. The molecule has 0 radical (unpaired) electrons. The fourth-order valence-corrected chi connectivity index (χ4v) is 3.86. The minimum atomic E-state index is -0.245. The van der Waals surface area contributed by atoms with Gasteiger partial charge in [0, 0.05) is 59.8 Å². The first-order valence-corrected chi connectivity index (χ1v) is 10.3. The standard InChI is InChI=1S/C26H25N3O2/c1-4-29-23-11-6-5-10-21(23)22-16-18(12-14-24(22)29)13-15-25(30)27-20-9-7-8-19(17-20)26(31)28(2)3/h5-17H,4H2,1-3H3,(H,27,30)/b15-13+. The highest BCUT2D eigenvalue weighted by atomic mass is 16.2. The zero-order valence-corrected chi connectivity index (χ0v) is 17.9. The lowest BCUT2D eigenvalue weighted by atomic mass is 10.1. The van der Waals surface area contributed by atoms with Crippen LogP contribution in [0.2, 0.25) is 0 Å². The molecule has 0 aliphatic rings. The topological polar surface area (TPSA) is 54.3 Å². The number of fused-ring (bicyclic) bond motifs is 3. The fraction of sp³-hybridized carbons (Fsp3) is 0.154. The van der Waals surface area contributed by atoms with E-state index in [0.717, 1.165) is 12.1 Å². The van der Waals surface area contributed by atoms with Gasteiger partial charge < -0.3 is 14.8 Å². The second kappa shape index (κ2) is 8.48. The lowest BCUT2D eigenvalue weighted by molar-refractivity contribution is -0.111. The van der Waals surface area contributed by atoms with Crippen molar-refractivity contribution in [3.63, 3.8) is 0 Å². The molecule has 156 valence electrons. The van der Waals surface area contributed by atoms with E-state index in [9.17, 15) is 9.59 Å². The van der Waals surface area contributed by atoms with Crippen LogP contribution in [0.15, 0.2) is 72.8 Å². The predicted octanol–water partition coefficient (Wildman–Crippen LogP) is 5.17. The summed E-state index contributed by atoms with van der Waals surface area (Å²) in [6.07, 6.45) is 3.32. The van der Waals surface area contributed by atoms with E-state index in [4.69, 9.17) is 0 Å². The molecule has 31 heavy (non-hydrogen) atoms. The predicted molar refractivity (Wildman–Crippen MR) is 127 cm³/mol. The van der Waals surface area contributed by atoms with Gasteiger partial charge in [0.05, 0.1) is 0 Å². The van der Waals surface area contributed by atoms with Crippen LogP contribution in [0.25, 0.3) is 27.9 Å². The van der Waals surface area contributed by atoms with E-state index in [1.165, 1.54) is 32.8 Å². The molecule has 1 heterocycles. The number of hydrogen-bond donors (Lipinski definition) is 1. The quantitative estimate of drug-likeness (QED) is 0.461. The SMILES string of the molecule is CCn1c2ccccc2c2cc(/C=C/C(=O)Nc3cccc(C(=O)N(C)C)c3)ccc21. The lowest BCUT2D eigenvalue weighted by Gasteiger charge is -2.11. The summed E-state index contributed by atoms with van der Waals surface area (Å²) in [6, 6.07) is 21.5. The van der Waals surface area contributed by atoms with E-state index in [1.54, 1.807) is 38.4 Å². The average Bonchev–Trinajstić information content (AvgIpc) is 3.10. The molecule has 0 aliphatic heterocycles. The number of amides is 2. The van der Waals surface area contributed by atoms with Gasteiger partial charge in [-0.3, -0.25) is 9.59 Å². The average molecular weight is 412 g/mol. The molecule has 0 bridgehead atoms. The van der Waals surface area contributed by atoms with Crippen LogP contribution >= 0.6 is 0 Å². The summed E-state index contributed by atoms with van der Waals surface area (Å²) in [6.45, 7) is 3.04. The third-order valence-corrected chi connectivity index (χ3v) is 5.32. The number of aromatic nitrogens is 1. The summed E-state index contributed by atoms with van der Waals surface area (Å²) >= 11 is 0. The van der Waals surface area contributed by atoms with Crippen molar-refractivity contribution in [2.45, 2.75) is 13.5 Å². The van der Waals surface area contributed by atoms with Crippen LogP contribution in [0.1, 0.15) is 22.8 Å². The number of para-hydroxylation sites is 1. The van der Waals surface area contributed by atoms with Crippen molar-refractivity contribution in [2.24, 2.45) is 0 Å². The molecule has 0 aliphatic carbocycles. The first-order chi connectivity index (χ1) is 15.0. The highest BCUT2D eigenvalue weighted by Crippen LogP contribution is 2.30. The highest BCUT2D eigenvalue weighted by molar-refractivity contribution is 6.09. The summed E-state index contributed by atoms with van der Waals surface area (Å²) in [5, 5.41) is 5.21. The van der Waals surface area contributed by atoms with Gasteiger partial charge in [0.25, 0.3) is 5.91 Å². The van der Waals surface area contributed by atoms with Crippen LogP contribution in [0.4, 0.5) is 5.69 Å². The Morgan fingerprint density at radius 1 is 0.935 bits per heavy atom. The van der Waals surface area contributed by atoms with Crippen molar-refractivity contribution >= 4 is 45.4 Å². The van der Waals surface area contributed by atoms with Crippen LogP contribution < -0.4 is 5.32 Å². The maximum Gasteiger partial charge on any atom is 0.253 e. The van der Waals surface area contributed by atoms with Crippen molar-refractivity contribution < 1.29 is 9.59 Å². The van der Waals surface area contributed by atoms with Gasteiger partial charge in [-0.15, -0.1) is 0 Å². The number of nitrogens with zero attached hydrogens (tertiary/aromatic N) is 2. The minimum absolute atomic E-state index is 0.105. The first kappa shape index (κ1) is 20.4. The number of hydrogen-bond acceptors (Lipinski definition) is 2. The molecular weight excluding hydrogens is 386 g/mol. The Morgan fingerprint density at radius 3 is 2.48 bits per heavy atom. The van der Waals surface area contributed by atoms with E-state index in [2.05, 4.69) is 47.1 Å². The largest absolute Gasteiger partial charge is 0.345 e. The molecule has 0 saturated carbocycles. The molecule has 4 aromatic rings. The Hall–Kier alpha value is -3.86. The lowest BCUT2D eigenvalue weighted by Crippen LogP contribution is -2.21. The molecule has 1 N–H and O–H groups in total. The monoisotopic (exact) mass is 411 g/mol. The molecule has 0 spiro atoms. The van der Waals surface area contributed by atoms with Gasteiger partial charge in [0.1, 0.15) is 0 Å². The zero-order valence-electron chi connectivity index (χ0n) is 17.9. The number of benzene rings is 3. The highest BCUT2D eigenvalue weighted by Gasteiger charge is 2.10. The van der Waals surface area contributed by atoms with Crippen LogP contribution in [-0.4, -0.2) is 35.4 Å². The van der Waals surface area contributed by atoms with Gasteiger partial charge in [0.2, 0.25) is 5.91 Å². The number of carbonyl (C=O) groups excluding carboxylic acids is 2. The second-order valence-corrected chi connectivity index (χ2v) is 7.64. The molecule has 5 nitrogen and oxygen atoms in total. The number of aryl methyl sites for hydroxylation is 1. The Morgan fingerprint density at radius 2 is 1.71 bits per heavy atom. The summed E-state index contributed by atoms with van der Waals surface area (Å²) in [7, 11) is 3.40. The Labute approximate surface area is 181 Å². The van der Waals surface area contributed by atoms with Crippen molar-refractivity contribution in [1.29, 1.82) is 0 Å². The van der Waals surface area contributed by atoms with E-state index < -0.39 is 0 Å². The van der Waals surface area contributed by atoms with Gasteiger partial charge in [0.15, 0.2) is 0 Å². The molecule has 0 atom stereocenters. The van der Waals surface area contributed by atoms with Crippen LogP contribution in [0, 0.1) is 0 Å². The Bertz CT molecular complexity index is 1310. The summed E-state index contributed by atoms with van der Waals surface area (Å²) in [4.78, 5) is 26.1. The summed E-state index contributed by atoms with van der Waals surface area (Å²) in [5.41, 5.74) is 4.48.